The Morgan fingerprint density at radius 2 is 1.81 bits per heavy atom. The first kappa shape index (κ1) is 24.6. The number of benzene rings is 3. The molecule has 2 heterocycles. The van der Waals surface area contributed by atoms with Crippen LogP contribution in [0.1, 0.15) is 11.1 Å². The summed E-state index contributed by atoms with van der Waals surface area (Å²) in [5, 5.41) is 11.4. The maximum absolute atomic E-state index is 13.2. The summed E-state index contributed by atoms with van der Waals surface area (Å²) in [4.78, 5) is 25.3. The summed E-state index contributed by atoms with van der Waals surface area (Å²) in [7, 11) is 0. The van der Waals surface area contributed by atoms with Crippen LogP contribution in [0.2, 0.25) is 0 Å². The fourth-order valence-corrected chi connectivity index (χ4v) is 4.88. The van der Waals surface area contributed by atoms with E-state index in [1.807, 2.05) is 0 Å². The fraction of sp³-hybridized carbons (Fsp3) is 0.0833. The first-order valence-corrected chi connectivity index (χ1v) is 11.6. The molecule has 13 heteroatoms. The largest absolute Gasteiger partial charge is 0.454 e. The van der Waals surface area contributed by atoms with Crippen LogP contribution in [-0.2, 0) is 11.0 Å². The molecule has 5 rings (SSSR count). The van der Waals surface area contributed by atoms with E-state index in [4.69, 9.17) is 26.4 Å². The van der Waals surface area contributed by atoms with Crippen molar-refractivity contribution in [3.05, 3.63) is 86.8 Å². The van der Waals surface area contributed by atoms with Gasteiger partial charge in [-0.3, -0.25) is 19.8 Å². The lowest BCUT2D eigenvalue weighted by atomic mass is 10.1. The molecule has 0 saturated carbocycles. The highest BCUT2D eigenvalue weighted by molar-refractivity contribution is 8.27. The quantitative estimate of drug-likeness (QED) is 0.154. The van der Waals surface area contributed by atoms with Gasteiger partial charge in [-0.15, -0.1) is 0 Å². The van der Waals surface area contributed by atoms with E-state index in [-0.39, 0.29) is 27.5 Å². The smallest absolute Gasteiger partial charge is 0.416 e. The Bertz CT molecular complexity index is 1490. The molecule has 1 amide bonds. The number of ether oxygens (including phenoxy) is 3. The highest BCUT2D eigenvalue weighted by atomic mass is 32.2. The van der Waals surface area contributed by atoms with Crippen molar-refractivity contribution in [2.75, 3.05) is 11.7 Å². The third-order valence-electron chi connectivity index (χ3n) is 5.32. The molecule has 8 nitrogen and oxygen atoms in total. The highest BCUT2D eigenvalue weighted by Crippen LogP contribution is 2.42. The molecule has 37 heavy (non-hydrogen) atoms. The summed E-state index contributed by atoms with van der Waals surface area (Å²) in [5.41, 5.74) is -1.17. The van der Waals surface area contributed by atoms with Gasteiger partial charge in [0.05, 0.1) is 21.1 Å². The molecule has 0 aromatic heterocycles. The molecule has 0 atom stereocenters. The lowest BCUT2D eigenvalue weighted by Crippen LogP contribution is -2.27. The summed E-state index contributed by atoms with van der Waals surface area (Å²) in [5.74, 6) is 0.329. The van der Waals surface area contributed by atoms with Crippen molar-refractivity contribution >= 4 is 51.7 Å². The van der Waals surface area contributed by atoms with E-state index in [0.29, 0.717) is 34.9 Å². The summed E-state index contributed by atoms with van der Waals surface area (Å²) < 4.78 is 55.7. The van der Waals surface area contributed by atoms with Gasteiger partial charge in [-0.25, -0.2) is 0 Å². The van der Waals surface area contributed by atoms with E-state index in [0.717, 1.165) is 17.8 Å². The first-order chi connectivity index (χ1) is 17.6. The van der Waals surface area contributed by atoms with Gasteiger partial charge in [0, 0.05) is 17.7 Å². The van der Waals surface area contributed by atoms with Crippen LogP contribution in [0.4, 0.5) is 24.5 Å². The standard InChI is InChI=1S/C24H13F3N2O6S2/c25-24(26,27)14-5-7-18(16(10-14)29(31)32)35-17-4-2-1-3-13(17)9-21-22(30)28(23(36)37-21)15-6-8-19-20(11-15)34-12-33-19/h1-11H,12H2/b21-9+. The summed E-state index contributed by atoms with van der Waals surface area (Å²) in [6.07, 6.45) is -3.26. The number of anilines is 1. The Labute approximate surface area is 216 Å². The van der Waals surface area contributed by atoms with E-state index in [1.165, 1.54) is 17.0 Å². The fourth-order valence-electron chi connectivity index (χ4n) is 3.59. The van der Waals surface area contributed by atoms with Gasteiger partial charge in [0.2, 0.25) is 12.5 Å². The molecule has 3 aromatic carbocycles. The number of carbonyl (C=O) groups is 1. The maximum Gasteiger partial charge on any atom is 0.416 e. The number of carbonyl (C=O) groups excluding carboxylic acids is 1. The van der Waals surface area contributed by atoms with Crippen molar-refractivity contribution in [2.45, 2.75) is 6.18 Å². The van der Waals surface area contributed by atoms with Gasteiger partial charge in [0.25, 0.3) is 5.91 Å². The number of para-hydroxylation sites is 1. The van der Waals surface area contributed by atoms with Crippen LogP contribution in [0, 0.1) is 10.1 Å². The van der Waals surface area contributed by atoms with Crippen LogP contribution < -0.4 is 19.1 Å². The minimum absolute atomic E-state index is 0.0744. The van der Waals surface area contributed by atoms with E-state index in [2.05, 4.69) is 0 Å². The number of nitro benzene ring substituents is 1. The third-order valence-corrected chi connectivity index (χ3v) is 6.62. The highest BCUT2D eigenvalue weighted by Gasteiger charge is 2.35. The Balaban J connectivity index is 1.45. The van der Waals surface area contributed by atoms with Crippen molar-refractivity contribution < 1.29 is 37.1 Å². The zero-order chi connectivity index (χ0) is 26.3. The van der Waals surface area contributed by atoms with Gasteiger partial charge >= 0.3 is 11.9 Å². The average molecular weight is 547 g/mol. The lowest BCUT2D eigenvalue weighted by Gasteiger charge is -2.15. The van der Waals surface area contributed by atoms with Crippen LogP contribution in [0.3, 0.4) is 0 Å². The minimum Gasteiger partial charge on any atom is -0.454 e. The van der Waals surface area contributed by atoms with E-state index >= 15 is 0 Å². The average Bonchev–Trinajstić information content (AvgIpc) is 3.42. The Morgan fingerprint density at radius 3 is 2.57 bits per heavy atom. The predicted molar refractivity (Wildman–Crippen MR) is 133 cm³/mol. The molecule has 1 saturated heterocycles. The van der Waals surface area contributed by atoms with Gasteiger partial charge in [-0.1, -0.05) is 42.2 Å². The Hall–Kier alpha value is -4.10. The molecule has 0 radical (unpaired) electrons. The molecule has 0 spiro atoms. The van der Waals surface area contributed by atoms with Gasteiger partial charge in [0.15, 0.2) is 15.8 Å². The van der Waals surface area contributed by atoms with Crippen LogP contribution in [-0.4, -0.2) is 21.9 Å². The van der Waals surface area contributed by atoms with Gasteiger partial charge in [0.1, 0.15) is 5.75 Å². The molecular formula is C24H13F3N2O6S2. The van der Waals surface area contributed by atoms with Crippen molar-refractivity contribution in [2.24, 2.45) is 0 Å². The number of halogens is 3. The van der Waals surface area contributed by atoms with Crippen molar-refractivity contribution in [3.8, 4) is 23.0 Å². The number of alkyl halides is 3. The number of thioether (sulfide) groups is 1. The van der Waals surface area contributed by atoms with Gasteiger partial charge < -0.3 is 14.2 Å². The number of hydrogen-bond donors (Lipinski definition) is 0. The zero-order valence-corrected chi connectivity index (χ0v) is 20.0. The second-order valence-corrected chi connectivity index (χ2v) is 9.31. The molecule has 0 N–H and O–H groups in total. The Kier molecular flexibility index (Phi) is 6.25. The number of nitro groups is 1. The zero-order valence-electron chi connectivity index (χ0n) is 18.4. The molecule has 2 aliphatic heterocycles. The van der Waals surface area contributed by atoms with Crippen molar-refractivity contribution in [3.63, 3.8) is 0 Å². The molecule has 0 aliphatic carbocycles. The number of thiocarbonyl (C=S) groups is 1. The third kappa shape index (κ3) is 4.82. The molecule has 188 valence electrons. The maximum atomic E-state index is 13.2. The molecule has 3 aromatic rings. The molecule has 2 aliphatic rings. The normalized spacial score (nSPS) is 16.0. The number of amides is 1. The van der Waals surface area contributed by atoms with Crippen LogP contribution >= 0.6 is 24.0 Å². The van der Waals surface area contributed by atoms with Crippen LogP contribution in [0.5, 0.6) is 23.0 Å². The monoisotopic (exact) mass is 546 g/mol. The molecule has 1 fully saturated rings. The summed E-state index contributed by atoms with van der Waals surface area (Å²) >= 11 is 6.44. The molecule has 0 bridgehead atoms. The number of nitrogens with zero attached hydrogens (tertiary/aromatic N) is 2. The predicted octanol–water partition coefficient (Wildman–Crippen LogP) is 6.54. The molecule has 0 unspecified atom stereocenters. The van der Waals surface area contributed by atoms with E-state index in [1.54, 1.807) is 36.4 Å². The van der Waals surface area contributed by atoms with E-state index < -0.39 is 28.3 Å². The lowest BCUT2D eigenvalue weighted by molar-refractivity contribution is -0.385. The number of fused-ring (bicyclic) bond motifs is 1. The second kappa shape index (κ2) is 9.41. The number of hydrogen-bond acceptors (Lipinski definition) is 8. The topological polar surface area (TPSA) is 91.1 Å². The van der Waals surface area contributed by atoms with Crippen molar-refractivity contribution in [1.29, 1.82) is 0 Å². The first-order valence-electron chi connectivity index (χ1n) is 10.4. The van der Waals surface area contributed by atoms with Crippen LogP contribution in [0.25, 0.3) is 6.08 Å². The van der Waals surface area contributed by atoms with Gasteiger partial charge in [-0.2, -0.15) is 13.2 Å². The van der Waals surface area contributed by atoms with E-state index in [9.17, 15) is 28.1 Å². The van der Waals surface area contributed by atoms with Crippen molar-refractivity contribution in [1.82, 2.24) is 0 Å². The summed E-state index contributed by atoms with van der Waals surface area (Å²) in [6, 6.07) is 13.3. The van der Waals surface area contributed by atoms with Gasteiger partial charge in [-0.05, 0) is 36.4 Å². The SMILES string of the molecule is O=C1/C(=C\c2ccccc2Oc2ccc(C(F)(F)F)cc2[N+](=O)[O-])SC(=S)N1c1ccc2c(c1)OCO2. The Morgan fingerprint density at radius 1 is 1.05 bits per heavy atom. The minimum atomic E-state index is -4.76. The second-order valence-electron chi connectivity index (χ2n) is 7.63. The van der Waals surface area contributed by atoms with Crippen LogP contribution in [0.15, 0.2) is 65.6 Å². The molecular weight excluding hydrogens is 533 g/mol. The number of rotatable bonds is 5. The summed E-state index contributed by atoms with van der Waals surface area (Å²) in [6.45, 7) is 0.0744.